The topological polar surface area (TPSA) is 87.7 Å². The summed E-state index contributed by atoms with van der Waals surface area (Å²) in [5.41, 5.74) is 3.80. The Kier molecular flexibility index (Phi) is 5.52. The first-order valence-electron chi connectivity index (χ1n) is 9.85. The molecule has 4 rings (SSSR count). The van der Waals surface area contributed by atoms with Crippen molar-refractivity contribution in [2.45, 2.75) is 52.0 Å². The van der Waals surface area contributed by atoms with Crippen molar-refractivity contribution in [1.82, 2.24) is 10.0 Å². The quantitative estimate of drug-likeness (QED) is 0.535. The summed E-state index contributed by atoms with van der Waals surface area (Å²) in [5.74, 6) is -0.204. The smallest absolute Gasteiger partial charge is 0.337 e. The molecule has 1 aromatic heterocycles. The maximum atomic E-state index is 12.2. The zero-order valence-electron chi connectivity index (χ0n) is 16.6. The Morgan fingerprint density at radius 2 is 2.28 bits per heavy atom. The molecule has 1 unspecified atom stereocenters. The van der Waals surface area contributed by atoms with Crippen molar-refractivity contribution in [3.63, 3.8) is 0 Å². The molecular formula is C21H26N2O4S2. The average molecular weight is 435 g/mol. The molecule has 0 radical (unpaired) electrons. The lowest BCUT2D eigenvalue weighted by Crippen LogP contribution is -2.45. The molecule has 1 aromatic rings. The van der Waals surface area contributed by atoms with E-state index in [1.165, 1.54) is 4.88 Å². The predicted octanol–water partition coefficient (Wildman–Crippen LogP) is 3.04. The summed E-state index contributed by atoms with van der Waals surface area (Å²) < 4.78 is 8.54. The minimum atomic E-state index is -0.841. The van der Waals surface area contributed by atoms with E-state index >= 15 is 0 Å². The third-order valence-corrected chi connectivity index (χ3v) is 7.42. The molecule has 1 fully saturated rings. The second kappa shape index (κ2) is 7.81. The van der Waals surface area contributed by atoms with Crippen molar-refractivity contribution in [3.05, 3.63) is 43.9 Å². The number of nitrogens with one attached hydrogen (secondary N) is 2. The first kappa shape index (κ1) is 20.5. The number of thiophene rings is 1. The van der Waals surface area contributed by atoms with Gasteiger partial charge in [-0.1, -0.05) is 26.7 Å². The number of aromatic carboxylic acids is 1. The van der Waals surface area contributed by atoms with E-state index in [0.717, 1.165) is 46.6 Å². The zero-order chi connectivity index (χ0) is 20.8. The third-order valence-electron chi connectivity index (χ3n) is 5.97. The standard InChI is InChI=1S/C21H26N2O4S2/c1-21(2)4-3-16-13(8-21)19(20(25)26)17(29-16)7-11-6-15-14(5-12(11)9-22-28)23-18(24)10-27-15/h6,14,22,28H,3-5,7-10H2,1-2H3,(H,23,24)(H,25,26). The van der Waals surface area contributed by atoms with Crippen molar-refractivity contribution >= 4 is 36.0 Å². The number of morpholine rings is 1. The molecule has 6 nitrogen and oxygen atoms in total. The first-order valence-corrected chi connectivity index (χ1v) is 11.1. The Morgan fingerprint density at radius 1 is 1.48 bits per heavy atom. The van der Waals surface area contributed by atoms with Crippen LogP contribution in [0.1, 0.15) is 52.4 Å². The SMILES string of the molecule is CC1(C)CCc2sc(CC3=C(CNS)CC4NC(=O)COC4=C3)c(C(=O)O)c2C1. The number of carboxylic acid groups (broad SMARTS) is 1. The minimum Gasteiger partial charge on any atom is -0.486 e. The lowest BCUT2D eigenvalue weighted by atomic mass is 9.76. The van der Waals surface area contributed by atoms with Gasteiger partial charge in [0.1, 0.15) is 5.76 Å². The van der Waals surface area contributed by atoms with Crippen LogP contribution < -0.4 is 10.0 Å². The van der Waals surface area contributed by atoms with E-state index in [-0.39, 0.29) is 24.0 Å². The number of carbonyl (C=O) groups excluding carboxylic acids is 1. The van der Waals surface area contributed by atoms with E-state index in [4.69, 9.17) is 4.74 Å². The van der Waals surface area contributed by atoms with Gasteiger partial charge in [-0.3, -0.25) is 9.52 Å². The Labute approximate surface area is 180 Å². The van der Waals surface area contributed by atoms with Gasteiger partial charge in [0.15, 0.2) is 6.61 Å². The number of aryl methyl sites for hydroxylation is 1. The van der Waals surface area contributed by atoms with Gasteiger partial charge in [-0.2, -0.15) is 0 Å². The highest BCUT2D eigenvalue weighted by Crippen LogP contribution is 2.43. The van der Waals surface area contributed by atoms with Crippen LogP contribution in [0.5, 0.6) is 0 Å². The van der Waals surface area contributed by atoms with Gasteiger partial charge in [-0.25, -0.2) is 4.79 Å². The lowest BCUT2D eigenvalue weighted by molar-refractivity contribution is -0.128. The molecule has 0 bridgehead atoms. The molecule has 1 atom stereocenters. The van der Waals surface area contributed by atoms with E-state index in [9.17, 15) is 14.7 Å². The van der Waals surface area contributed by atoms with Crippen LogP contribution in [0.3, 0.4) is 0 Å². The van der Waals surface area contributed by atoms with Crippen molar-refractivity contribution < 1.29 is 19.4 Å². The molecule has 2 heterocycles. The van der Waals surface area contributed by atoms with Crippen LogP contribution in [-0.4, -0.2) is 36.2 Å². The predicted molar refractivity (Wildman–Crippen MR) is 115 cm³/mol. The second-order valence-corrected chi connectivity index (χ2v) is 10.3. The molecular weight excluding hydrogens is 408 g/mol. The van der Waals surface area contributed by atoms with Gasteiger partial charge in [0.05, 0.1) is 11.6 Å². The highest BCUT2D eigenvalue weighted by molar-refractivity contribution is 7.78. The van der Waals surface area contributed by atoms with Crippen LogP contribution in [0.15, 0.2) is 23.0 Å². The molecule has 8 heteroatoms. The molecule has 0 saturated carbocycles. The van der Waals surface area contributed by atoms with Crippen LogP contribution in [0.25, 0.3) is 0 Å². The molecule has 2 aliphatic carbocycles. The maximum Gasteiger partial charge on any atom is 0.337 e. The van der Waals surface area contributed by atoms with Gasteiger partial charge in [-0.15, -0.1) is 11.3 Å². The Morgan fingerprint density at radius 3 is 3.00 bits per heavy atom. The number of amides is 1. The first-order chi connectivity index (χ1) is 13.8. The summed E-state index contributed by atoms with van der Waals surface area (Å²) in [7, 11) is 0. The second-order valence-electron chi connectivity index (χ2n) is 8.75. The third kappa shape index (κ3) is 4.11. The zero-order valence-corrected chi connectivity index (χ0v) is 18.3. The normalized spacial score (nSPS) is 22.9. The molecule has 0 aromatic carbocycles. The fourth-order valence-corrected chi connectivity index (χ4v) is 6.01. The summed E-state index contributed by atoms with van der Waals surface area (Å²) in [6, 6.07) is -0.159. The number of thiol groups is 1. The molecule has 1 saturated heterocycles. The summed E-state index contributed by atoms with van der Waals surface area (Å²) in [6.07, 6.45) is 6.00. The van der Waals surface area contributed by atoms with E-state index < -0.39 is 5.97 Å². The number of fused-ring (bicyclic) bond motifs is 2. The number of hydrogen-bond acceptors (Lipinski definition) is 6. The fourth-order valence-electron chi connectivity index (χ4n) is 4.48. The summed E-state index contributed by atoms with van der Waals surface area (Å²) >= 11 is 5.79. The van der Waals surface area contributed by atoms with Crippen LogP contribution in [0.2, 0.25) is 0 Å². The highest BCUT2D eigenvalue weighted by Gasteiger charge is 2.34. The fraction of sp³-hybridized carbons (Fsp3) is 0.524. The maximum absolute atomic E-state index is 12.2. The monoisotopic (exact) mass is 434 g/mol. The largest absolute Gasteiger partial charge is 0.486 e. The molecule has 156 valence electrons. The number of carboxylic acids is 1. The number of carbonyl (C=O) groups is 2. The van der Waals surface area contributed by atoms with Crippen molar-refractivity contribution in [2.24, 2.45) is 5.41 Å². The van der Waals surface area contributed by atoms with Crippen molar-refractivity contribution in [1.29, 1.82) is 0 Å². The van der Waals surface area contributed by atoms with Crippen molar-refractivity contribution in [2.75, 3.05) is 13.2 Å². The molecule has 29 heavy (non-hydrogen) atoms. The molecule has 0 spiro atoms. The lowest BCUT2D eigenvalue weighted by Gasteiger charge is -2.32. The van der Waals surface area contributed by atoms with Gasteiger partial charge < -0.3 is 15.2 Å². The molecule has 1 amide bonds. The number of ether oxygens (including phenoxy) is 1. The van der Waals surface area contributed by atoms with Crippen LogP contribution in [0, 0.1) is 5.41 Å². The molecule has 3 aliphatic rings. The number of allylic oxidation sites excluding steroid dienone is 2. The molecule has 1 aliphatic heterocycles. The van der Waals surface area contributed by atoms with E-state index in [2.05, 4.69) is 36.7 Å². The number of rotatable bonds is 5. The van der Waals surface area contributed by atoms with Gasteiger partial charge >= 0.3 is 5.97 Å². The van der Waals surface area contributed by atoms with Crippen LogP contribution >= 0.6 is 24.2 Å². The highest BCUT2D eigenvalue weighted by atomic mass is 32.1. The van der Waals surface area contributed by atoms with Crippen LogP contribution in [0.4, 0.5) is 0 Å². The minimum absolute atomic E-state index is 0.0263. The Bertz CT molecular complexity index is 929. The van der Waals surface area contributed by atoms with Gasteiger partial charge in [0, 0.05) is 22.7 Å². The summed E-state index contributed by atoms with van der Waals surface area (Å²) in [5, 5.41) is 12.9. The van der Waals surface area contributed by atoms with Gasteiger partial charge in [-0.05, 0) is 53.9 Å². The summed E-state index contributed by atoms with van der Waals surface area (Å²) in [6.45, 7) is 5.00. The average Bonchev–Trinajstić information content (AvgIpc) is 2.98. The van der Waals surface area contributed by atoms with Crippen LogP contribution in [-0.2, 0) is 28.8 Å². The Hall–Kier alpha value is -1.77. The van der Waals surface area contributed by atoms with E-state index in [1.54, 1.807) is 11.3 Å². The molecule has 3 N–H and O–H groups in total. The van der Waals surface area contributed by atoms with Crippen molar-refractivity contribution in [3.8, 4) is 0 Å². The van der Waals surface area contributed by atoms with E-state index in [0.29, 0.717) is 24.9 Å². The summed E-state index contributed by atoms with van der Waals surface area (Å²) in [4.78, 5) is 25.9. The Balaban J connectivity index is 1.70. The van der Waals surface area contributed by atoms with E-state index in [1.807, 2.05) is 6.08 Å². The number of hydrogen-bond donors (Lipinski definition) is 4. The van der Waals surface area contributed by atoms with Gasteiger partial charge in [0.2, 0.25) is 0 Å². The van der Waals surface area contributed by atoms with Gasteiger partial charge in [0.25, 0.3) is 5.91 Å².